The highest BCUT2D eigenvalue weighted by atomic mass is 35.5. The number of amides is 9. The molecule has 0 fully saturated rings. The third kappa shape index (κ3) is 21.1. The molecule has 1 N–H and O–H groups in total. The van der Waals surface area contributed by atoms with Crippen LogP contribution in [0.3, 0.4) is 0 Å². The van der Waals surface area contributed by atoms with Gasteiger partial charge in [-0.2, -0.15) is 30.2 Å². The number of amidine groups is 4. The normalized spacial score (nSPS) is 14.6. The van der Waals surface area contributed by atoms with E-state index >= 15 is 0 Å². The van der Waals surface area contributed by atoms with Crippen molar-refractivity contribution in [2.24, 2.45) is 20.4 Å². The molecule has 127 heavy (non-hydrogen) atoms. The van der Waals surface area contributed by atoms with Crippen molar-refractivity contribution < 1.29 is 80.5 Å². The molecule has 3 unspecified atom stereocenters. The number of aromatic nitrogens is 2. The molecule has 4 aliphatic heterocycles. The van der Waals surface area contributed by atoms with Crippen LogP contribution in [0.5, 0.6) is 40.2 Å². The number of aryl methyl sites for hydroxylation is 6. The Labute approximate surface area is 746 Å². The Morgan fingerprint density at radius 3 is 1.24 bits per heavy atom. The van der Waals surface area contributed by atoms with Crippen LogP contribution in [0.25, 0.3) is 0 Å². The van der Waals surface area contributed by atoms with Gasteiger partial charge in [-0.25, -0.2) is 4.98 Å². The van der Waals surface area contributed by atoms with Crippen molar-refractivity contribution in [2.75, 3.05) is 93.9 Å². The van der Waals surface area contributed by atoms with Crippen molar-refractivity contribution in [1.82, 2.24) is 9.55 Å². The zero-order valence-electron chi connectivity index (χ0n) is 72.9. The number of hydrazone groups is 4. The van der Waals surface area contributed by atoms with E-state index in [0.717, 1.165) is 38.4 Å². The molecule has 0 spiro atoms. The number of carbonyl (C=O) groups excluding carboxylic acids is 9. The molecule has 0 bridgehead atoms. The topological polar surface area (TPSA) is 341 Å². The minimum atomic E-state index is -1.29. The molecule has 10 aromatic rings. The second-order valence-corrected chi connectivity index (χ2v) is 31.3. The van der Waals surface area contributed by atoms with Crippen molar-refractivity contribution in [2.45, 2.75) is 106 Å². The van der Waals surface area contributed by atoms with E-state index in [9.17, 15) is 47.4 Å². The molecule has 658 valence electrons. The quantitative estimate of drug-likeness (QED) is 0.0786. The maximum absolute atomic E-state index is 13.8. The summed E-state index contributed by atoms with van der Waals surface area (Å²) in [6.45, 7) is 18.5. The zero-order chi connectivity index (χ0) is 92.1. The molecule has 32 nitrogen and oxygen atoms in total. The molecule has 9 aromatic carbocycles. The molecule has 0 radical (unpaired) electrons. The third-order valence-corrected chi connectivity index (χ3v) is 21.5. The lowest BCUT2D eigenvalue weighted by molar-refractivity contribution is -0.122. The average Bonchev–Trinajstić information content (AvgIpc) is 1.60. The number of rotatable bonds is 19. The van der Waals surface area contributed by atoms with Crippen LogP contribution < -0.4 is 78.1 Å². The highest BCUT2D eigenvalue weighted by Gasteiger charge is 2.47. The number of nitrogens with zero attached hydrogens (tertiary/aromatic N) is 14. The number of imidazole rings is 1. The molecule has 0 saturated carbocycles. The number of hydrogen-bond donors (Lipinski definition) is 1. The second-order valence-electron chi connectivity index (χ2n) is 29.1. The van der Waals surface area contributed by atoms with E-state index in [1.54, 1.807) is 159 Å². The van der Waals surface area contributed by atoms with Crippen LogP contribution in [0.1, 0.15) is 86.9 Å². The molecule has 1 aromatic heterocycles. The van der Waals surface area contributed by atoms with Gasteiger partial charge in [0.2, 0.25) is 35.6 Å². The number of anilines is 9. The van der Waals surface area contributed by atoms with Gasteiger partial charge in [0.1, 0.15) is 51.9 Å². The summed E-state index contributed by atoms with van der Waals surface area (Å²) in [7, 11) is 8.09. The van der Waals surface area contributed by atoms with Gasteiger partial charge in [0.25, 0.3) is 23.6 Å². The predicted octanol–water partition coefficient (Wildman–Crippen LogP) is 15.2. The standard InChI is InChI=1S/C26H23Cl2N3O5S.C25H27N5O4.C21H22N4O4.C20H21N3O4/c1-15-5-12-23(35-3)22(13-15)30(16(2)32)25-24(36-18-7-9-19(10-8-18)37(4)34)26(33)31(29-25)17-6-11-20(27)21(28)14-17;1-15-7-8-21(34-6)20(11-15)29(18(4)31)24-23(28-10-9-26-14-28)25(32)30(27-24)22-16(2)12-19(33-5)13-17(22)3;1-13-5-10-19(29-4)18(11-13)24(15(3)27)20-12-21(28)25(23-20)17-8-6-16(7-9-17)22-14(2)26;1-13-5-10-18(27-4)17(11-13)22(14(2)24)19-12-20(25)23(21-19)15-6-8-16(26-3)9-7-15/h5-14,24H,1-4H3;7-14,23H,1-6H3;5-11H,12H2,1-4H3,(H,22,26);5-11H,12H2,1-4H3. The maximum Gasteiger partial charge on any atom is 0.296 e. The van der Waals surface area contributed by atoms with Gasteiger partial charge in [-0.05, 0) is 227 Å². The zero-order valence-corrected chi connectivity index (χ0v) is 75.2. The fourth-order valence-electron chi connectivity index (χ4n) is 14.0. The van der Waals surface area contributed by atoms with E-state index in [0.29, 0.717) is 113 Å². The van der Waals surface area contributed by atoms with Gasteiger partial charge in [-0.15, -0.1) is 10.2 Å². The van der Waals surface area contributed by atoms with Gasteiger partial charge in [0.05, 0.1) is 117 Å². The number of halogens is 2. The van der Waals surface area contributed by atoms with Crippen molar-refractivity contribution in [3.63, 3.8) is 0 Å². The Morgan fingerprint density at radius 1 is 0.433 bits per heavy atom. The molecule has 35 heteroatoms. The monoisotopic (exact) mass is 1780 g/mol. The number of hydrogen-bond acceptors (Lipinski definition) is 22. The largest absolute Gasteiger partial charge is 0.497 e. The van der Waals surface area contributed by atoms with Crippen LogP contribution in [0.2, 0.25) is 10.0 Å². The first-order chi connectivity index (χ1) is 60.6. The minimum absolute atomic E-state index is 0.0166. The van der Waals surface area contributed by atoms with Gasteiger partial charge in [-0.1, -0.05) is 47.5 Å². The number of nitrogens with one attached hydrogen (secondary N) is 1. The lowest BCUT2D eigenvalue weighted by Gasteiger charge is -2.26. The van der Waals surface area contributed by atoms with E-state index in [-0.39, 0.29) is 70.9 Å². The predicted molar refractivity (Wildman–Crippen MR) is 490 cm³/mol. The van der Waals surface area contributed by atoms with E-state index in [4.69, 9.17) is 61.5 Å². The van der Waals surface area contributed by atoms with Crippen LogP contribution in [0, 0.1) is 41.5 Å². The Morgan fingerprint density at radius 2 is 0.843 bits per heavy atom. The fourth-order valence-corrected chi connectivity index (χ4v) is 14.8. The van der Waals surface area contributed by atoms with Gasteiger partial charge < -0.3 is 43.0 Å². The molecule has 0 aliphatic carbocycles. The van der Waals surface area contributed by atoms with E-state index < -0.39 is 34.8 Å². The van der Waals surface area contributed by atoms with E-state index in [1.165, 1.54) is 104 Å². The molecule has 14 rings (SSSR count). The molecule has 9 amide bonds. The third-order valence-electron chi connectivity index (χ3n) is 19.9. The minimum Gasteiger partial charge on any atom is -0.497 e. The molecule has 0 saturated heterocycles. The summed E-state index contributed by atoms with van der Waals surface area (Å²) in [5.74, 6) is 1.90. The maximum atomic E-state index is 13.8. The molecule has 5 heterocycles. The SMILES string of the molecule is COc1cc(C)c(N2N=C(N(C(C)=O)c3cc(C)ccc3OC)C(n3ccnc3)C2=O)c(C)c1.COc1ccc(C)cc1N(C(C)=O)C1=NN(c2ccc(Cl)c(Cl)c2)C(=O)C1Oc1ccc(S(C)=O)cc1.COc1ccc(C)cc1N(C(C)=O)C1=NN(c2ccc(NC(C)=O)cc2)C(=O)C1.COc1ccc(N2N=C(N(C(C)=O)c3cc(C)ccc3OC)CC2=O)cc1. The summed E-state index contributed by atoms with van der Waals surface area (Å²) >= 11 is 12.3. The summed E-state index contributed by atoms with van der Waals surface area (Å²) in [5, 5.41) is 26.3. The second kappa shape index (κ2) is 40.8. The summed E-state index contributed by atoms with van der Waals surface area (Å²) in [4.78, 5) is 125. The Hall–Kier alpha value is -14.6. The van der Waals surface area contributed by atoms with Crippen molar-refractivity contribution in [3.05, 3.63) is 238 Å². The summed E-state index contributed by atoms with van der Waals surface area (Å²) in [5.41, 5.74) is 10.1. The first-order valence-electron chi connectivity index (χ1n) is 39.3. The highest BCUT2D eigenvalue weighted by molar-refractivity contribution is 7.84. The Balaban J connectivity index is 0.000000165. The van der Waals surface area contributed by atoms with Gasteiger partial charge >= 0.3 is 0 Å². The lowest BCUT2D eigenvalue weighted by Crippen LogP contribution is -2.46. The number of ether oxygens (including phenoxy) is 7. The van der Waals surface area contributed by atoms with E-state index in [2.05, 4.69) is 25.6 Å². The van der Waals surface area contributed by atoms with Gasteiger partial charge in [0.15, 0.2) is 17.7 Å². The Bertz CT molecular complexity index is 6050. The molecule has 4 aliphatic rings. The van der Waals surface area contributed by atoms with Crippen LogP contribution in [0.15, 0.2) is 220 Å². The van der Waals surface area contributed by atoms with Crippen LogP contribution in [-0.2, 0) is 54.0 Å². The van der Waals surface area contributed by atoms with Crippen molar-refractivity contribution in [1.29, 1.82) is 0 Å². The van der Waals surface area contributed by atoms with Crippen LogP contribution in [-0.4, -0.2) is 145 Å². The van der Waals surface area contributed by atoms with Crippen molar-refractivity contribution in [3.8, 4) is 40.2 Å². The van der Waals surface area contributed by atoms with Crippen molar-refractivity contribution >= 4 is 162 Å². The molecular formula is C92H93Cl2N15O17S. The smallest absolute Gasteiger partial charge is 0.296 e. The van der Waals surface area contributed by atoms with E-state index in [1.807, 2.05) is 96.1 Å². The lowest BCUT2D eigenvalue weighted by atomic mass is 10.1. The van der Waals surface area contributed by atoms with Gasteiger partial charge in [0, 0.05) is 74.7 Å². The number of benzene rings is 9. The number of methoxy groups -OCH3 is 6. The first kappa shape index (κ1) is 93.1. The summed E-state index contributed by atoms with van der Waals surface area (Å²) in [6.07, 6.45) is 5.08. The van der Waals surface area contributed by atoms with Crippen LogP contribution in [0.4, 0.5) is 51.2 Å². The summed E-state index contributed by atoms with van der Waals surface area (Å²) < 4.78 is 51.8. The number of carbonyl (C=O) groups is 9. The van der Waals surface area contributed by atoms with Gasteiger partial charge in [-0.3, -0.25) is 67.0 Å². The summed E-state index contributed by atoms with van der Waals surface area (Å²) in [6, 6.07) is 49.5. The Kier molecular flexibility index (Phi) is 29.9. The first-order valence-corrected chi connectivity index (χ1v) is 41.6. The fraction of sp³-hybridized carbons (Fsp3) is 0.239. The molecule has 3 atom stereocenters. The highest BCUT2D eigenvalue weighted by Crippen LogP contribution is 2.42. The van der Waals surface area contributed by atoms with Crippen LogP contribution >= 0.6 is 23.2 Å². The average molecular weight is 1780 g/mol. The molecular weight excluding hydrogens is 1690 g/mol.